The molecule has 9 aliphatic heterocycles. The Morgan fingerprint density at radius 1 is 0.349 bits per heavy atom. The number of carbonyl (C=O) groups excluding carboxylic acids is 13. The number of aliphatic carboxylic acids is 1. The summed E-state index contributed by atoms with van der Waals surface area (Å²) in [5.41, 5.74) is 3.56. The number of methoxy groups -OCH3 is 2. The zero-order valence-corrected chi connectivity index (χ0v) is 91.6. The molecule has 5 saturated heterocycles. The first-order chi connectivity index (χ1) is 68.1. The number of carbonyl (C=O) groups is 15. The minimum Gasteiger partial charge on any atom is -0.870 e. The number of unbranched alkanes of at least 4 members (excludes halogenated alkanes) is 5. The molecule has 5 aromatic rings. The predicted molar refractivity (Wildman–Crippen MR) is 568 cm³/mol. The maximum Gasteiger partial charge on any atom is 1.00 e. The molecule has 6 N–H and O–H groups in total. The summed E-state index contributed by atoms with van der Waals surface area (Å²) in [5.74, 6) is -3.75. The third-order valence-corrected chi connectivity index (χ3v) is 26.1. The van der Waals surface area contributed by atoms with E-state index in [-0.39, 0.29) is 150 Å². The van der Waals surface area contributed by atoms with E-state index in [1.165, 1.54) is 46.0 Å². The van der Waals surface area contributed by atoms with Gasteiger partial charge in [-0.15, -0.1) is 24.8 Å². The number of esters is 2. The van der Waals surface area contributed by atoms with Crippen molar-refractivity contribution >= 4 is 153 Å². The topological polar surface area (TPSA) is 438 Å². The molecule has 802 valence electrons. The number of piperazine rings is 5. The van der Waals surface area contributed by atoms with Gasteiger partial charge in [0, 0.05) is 193 Å². The first kappa shape index (κ1) is 129. The van der Waals surface area contributed by atoms with E-state index in [1.54, 1.807) is 119 Å². The van der Waals surface area contributed by atoms with Crippen molar-refractivity contribution < 1.29 is 125 Å². The normalized spacial score (nSPS) is 16.2. The van der Waals surface area contributed by atoms with E-state index in [1.807, 2.05) is 41.5 Å². The molecule has 9 aliphatic rings. The maximum atomic E-state index is 12.3. The summed E-state index contributed by atoms with van der Waals surface area (Å²) < 4.78 is 20.7. The van der Waals surface area contributed by atoms with Crippen LogP contribution in [0.4, 0.5) is 9.59 Å². The first-order valence-electron chi connectivity index (χ1n) is 49.8. The Labute approximate surface area is 905 Å². The average molecular weight is 2250 g/mol. The van der Waals surface area contributed by atoms with Crippen molar-refractivity contribution in [2.45, 2.75) is 155 Å². The number of carboxylic acids is 2. The van der Waals surface area contributed by atoms with Crippen molar-refractivity contribution in [3.8, 4) is 0 Å². The van der Waals surface area contributed by atoms with E-state index in [4.69, 9.17) is 19.7 Å². The van der Waals surface area contributed by atoms with Crippen LogP contribution in [0.2, 0.25) is 0 Å². The Morgan fingerprint density at radius 3 is 0.897 bits per heavy atom. The molecular weight excluding hydrogens is 2100 g/mol. The van der Waals surface area contributed by atoms with Crippen LogP contribution in [0.1, 0.15) is 248 Å². The van der Waals surface area contributed by atoms with Gasteiger partial charge in [-0.25, -0.2) is 14.4 Å². The first-order valence-corrected chi connectivity index (χ1v) is 52.4. The van der Waals surface area contributed by atoms with Crippen LogP contribution in [-0.2, 0) is 33.3 Å². The third-order valence-electron chi connectivity index (χ3n) is 24.8. The van der Waals surface area contributed by atoms with E-state index in [0.717, 1.165) is 244 Å². The summed E-state index contributed by atoms with van der Waals surface area (Å²) in [4.78, 5) is 200. The molecule has 9 heterocycles. The number of hydrogen-bond acceptors (Lipinski definition) is 28. The quantitative estimate of drug-likeness (QED) is 0.00471. The summed E-state index contributed by atoms with van der Waals surface area (Å²) in [6.45, 7) is 37.8. The van der Waals surface area contributed by atoms with Gasteiger partial charge in [-0.05, 0) is 225 Å². The van der Waals surface area contributed by atoms with E-state index < -0.39 is 17.5 Å². The number of imide groups is 4. The monoisotopic (exact) mass is 2240 g/mol. The van der Waals surface area contributed by atoms with Crippen LogP contribution in [0.5, 0.6) is 0 Å². The molecule has 0 radical (unpaired) electrons. The second-order valence-electron chi connectivity index (χ2n) is 37.6. The van der Waals surface area contributed by atoms with E-state index in [2.05, 4.69) is 93.3 Å². The summed E-state index contributed by atoms with van der Waals surface area (Å²) in [6.07, 6.45) is 12.2. The van der Waals surface area contributed by atoms with Crippen molar-refractivity contribution in [1.29, 1.82) is 0 Å². The van der Waals surface area contributed by atoms with Gasteiger partial charge < -0.3 is 84.9 Å². The van der Waals surface area contributed by atoms with Crippen LogP contribution in [-0.4, -0.2) is 402 Å². The van der Waals surface area contributed by atoms with Crippen LogP contribution in [0.25, 0.3) is 0 Å². The Kier molecular flexibility index (Phi) is 60.3. The van der Waals surface area contributed by atoms with Gasteiger partial charge in [0.2, 0.25) is 0 Å². The van der Waals surface area contributed by atoms with Gasteiger partial charge >= 0.3 is 54.9 Å². The van der Waals surface area contributed by atoms with Crippen LogP contribution >= 0.6 is 63.3 Å². The molecule has 0 unspecified atom stereocenters. The molecule has 0 bridgehead atoms. The minimum absolute atomic E-state index is 0. The largest absolute Gasteiger partial charge is 1.00 e. The number of benzene rings is 5. The van der Waals surface area contributed by atoms with Gasteiger partial charge in [-0.2, -0.15) is 0 Å². The second-order valence-corrected chi connectivity index (χ2v) is 39.5. The Morgan fingerprint density at radius 2 is 0.603 bits per heavy atom. The van der Waals surface area contributed by atoms with Crippen LogP contribution in [0, 0.1) is 0 Å². The fourth-order valence-electron chi connectivity index (χ4n) is 17.0. The number of halogens is 4. The number of ether oxygens (including phenoxy) is 4. The smallest absolute Gasteiger partial charge is 0.870 e. The number of hydrogen-bond donors (Lipinski definition) is 5. The van der Waals surface area contributed by atoms with Crippen molar-refractivity contribution in [2.24, 2.45) is 0 Å². The molecule has 11 amide bonds. The third kappa shape index (κ3) is 43.3. The molecule has 0 atom stereocenters. The summed E-state index contributed by atoms with van der Waals surface area (Å²) in [5, 5.41) is 28.0. The average Bonchev–Trinajstić information content (AvgIpc) is 1.65. The fraction of sp³-hybridized carbons (Fsp3) is 0.567. The minimum atomic E-state index is -1.10. The molecule has 42 heteroatoms. The van der Waals surface area contributed by atoms with Crippen LogP contribution in [0.15, 0.2) is 121 Å². The zero-order chi connectivity index (χ0) is 103. The van der Waals surface area contributed by atoms with Crippen LogP contribution in [0.3, 0.4) is 0 Å². The van der Waals surface area contributed by atoms with Gasteiger partial charge in [0.25, 0.3) is 53.2 Å². The van der Waals surface area contributed by atoms with E-state index >= 15 is 0 Å². The number of alkyl halides is 2. The molecule has 0 saturated carbocycles. The van der Waals surface area contributed by atoms with Crippen molar-refractivity contribution in [3.63, 3.8) is 0 Å². The zero-order valence-electron chi connectivity index (χ0n) is 86.2. The molecule has 146 heavy (non-hydrogen) atoms. The van der Waals surface area contributed by atoms with E-state index in [0.29, 0.717) is 110 Å². The van der Waals surface area contributed by atoms with E-state index in [9.17, 15) is 71.9 Å². The SMILES string of the molecule is CC(C)(C)OC(=O)N1CCN(CCCCN2C(=O)c3ccccc3C2=O)CC1.CC(C)(C)OC(=O)N1CCNCC1.COC(=O)CCCI.COC(=O)CCCN1CCN(CCCCN2C(=O)c3ccccc3C2=O)CC1.Cl.Cl.O=C(O)CCCN1CCN(CCCCNC(=O)c2ccccc2C(=O)O)CC1.O=C1c2ccccc2C(=O)N1CCCCBr.O=C1c2ccccc2C(=O)N1CCCCN1CCNCC1.[Li+].[OH-]. The van der Waals surface area contributed by atoms with Crippen molar-refractivity contribution in [3.05, 3.63) is 177 Å². The number of amides is 11. The molecule has 5 fully saturated rings. The Bertz CT molecular complexity index is 4850. The van der Waals surface area contributed by atoms with Gasteiger partial charge in [0.15, 0.2) is 0 Å². The number of nitrogens with zero attached hydrogens (tertiary/aromatic N) is 12. The molecule has 0 aromatic heterocycles. The summed E-state index contributed by atoms with van der Waals surface area (Å²) in [7, 11) is 2.84. The van der Waals surface area contributed by atoms with Gasteiger partial charge in [-0.3, -0.25) is 82.0 Å². The maximum absolute atomic E-state index is 12.3. The number of nitrogens with one attached hydrogen (secondary N) is 3. The van der Waals surface area contributed by atoms with Gasteiger partial charge in [0.05, 0.1) is 69.9 Å². The summed E-state index contributed by atoms with van der Waals surface area (Å²) in [6, 6.07) is 34.3. The summed E-state index contributed by atoms with van der Waals surface area (Å²) >= 11 is 5.56. The fourth-order valence-corrected chi connectivity index (χ4v) is 17.7. The molecule has 37 nitrogen and oxygen atoms in total. The molecular formula is C104H150BrCl2ILiN15O22. The standard InChI is InChI=1S/2C21H29N3O4.C20H29N3O5.C16H21N3O2.C12H12BrNO2.C9H18N2O2.C5H9IO2.2ClH.Li.H2O/c1-21(2,3)28-20(27)23-14-12-22(13-15-23)10-6-7-11-24-18(25)16-8-4-5-9-17(16)19(24)26;1-28-19(25)9-6-11-23-15-13-22(14-16-23)10-4-5-12-24-20(26)17-7-2-3-8-18(17)21(24)27;24-18(25)8-5-11-23-14-12-22(13-15-23)10-4-3-9-21-19(26)16-6-1-2-7-17(16)20(27)28;20-15-13-5-1-2-6-14(13)16(21)19(15)10-4-3-9-18-11-7-17-8-12-18;13-7-3-4-8-14-11(15)9-5-1-2-6-10(9)12(14)16;1-9(2,3)13-8(12)11-6-4-10-5-7-11;1-8-5(7)3-2-4-6;;;;/h4-5,8-9H,6-7,10-15H2,1-3H3;2-3,7-8H,4-6,9-16H2,1H3;1-2,6-7H,3-5,8-15H2,(H,21,26)(H,24,25)(H,27,28);1-2,5-6,17H,3-4,7-12H2;1-2,5-6H,3-4,7-8H2;10H,4-7H2,1-3H3;2-4H2,1H3;2*1H;;1H2/q;;;;;;;;;+1;/p-1. The second kappa shape index (κ2) is 68.3. The van der Waals surface area contributed by atoms with Crippen molar-refractivity contribution in [1.82, 2.24) is 74.7 Å². The number of aromatic carboxylic acids is 1. The number of carboxylic acid groups (broad SMARTS) is 2. The molecule has 0 spiro atoms. The van der Waals surface area contributed by atoms with Crippen LogP contribution < -0.4 is 34.8 Å². The number of rotatable bonds is 37. The predicted octanol–water partition coefficient (Wildman–Crippen LogP) is 8.92. The molecule has 5 aromatic carbocycles. The Balaban J connectivity index is 0.000000363. The molecule has 0 aliphatic carbocycles. The number of fused-ring (bicyclic) bond motifs is 4. The van der Waals surface area contributed by atoms with Gasteiger partial charge in [-0.1, -0.05) is 99.2 Å². The van der Waals surface area contributed by atoms with Crippen molar-refractivity contribution in [2.75, 3.05) is 227 Å². The van der Waals surface area contributed by atoms with Gasteiger partial charge in [0.1, 0.15) is 11.2 Å². The molecule has 14 rings (SSSR count). The Hall–Kier alpha value is -9.42.